The number of carbonyl (C=O) groups is 1. The zero-order chi connectivity index (χ0) is 18.6. The molecule has 1 N–H and O–H groups in total. The molecule has 0 aliphatic rings. The molecular formula is C15H12F3N3O3S. The van der Waals surface area contributed by atoms with E-state index < -0.39 is 40.3 Å². The van der Waals surface area contributed by atoms with Gasteiger partial charge in [-0.3, -0.25) is 0 Å². The van der Waals surface area contributed by atoms with Crippen LogP contribution in [-0.4, -0.2) is 34.1 Å². The van der Waals surface area contributed by atoms with Gasteiger partial charge in [0.15, 0.2) is 11.6 Å². The Kier molecular flexibility index (Phi) is 5.86. The molecule has 10 heteroatoms. The standard InChI is InChI=1S/C15H12F3N3O3S/c1-3-24-14(23)9(6-19-15-21-20-7(2)25-15)13(22)8-4-11(17)12(18)5-10(8)16/h4-6,22H,3H2,1-2H3. The Morgan fingerprint density at radius 3 is 2.56 bits per heavy atom. The smallest absolute Gasteiger partial charge is 0.343 e. The highest BCUT2D eigenvalue weighted by Gasteiger charge is 2.21. The minimum absolute atomic E-state index is 0.0262. The van der Waals surface area contributed by atoms with E-state index in [1.807, 2.05) is 0 Å². The third-order valence-corrected chi connectivity index (χ3v) is 3.58. The van der Waals surface area contributed by atoms with E-state index in [1.54, 1.807) is 6.92 Å². The lowest BCUT2D eigenvalue weighted by molar-refractivity contribution is -0.137. The van der Waals surface area contributed by atoms with E-state index in [4.69, 9.17) is 4.74 Å². The largest absolute Gasteiger partial charge is 0.506 e. The highest BCUT2D eigenvalue weighted by Crippen LogP contribution is 2.24. The molecule has 1 aromatic carbocycles. The van der Waals surface area contributed by atoms with Gasteiger partial charge in [-0.1, -0.05) is 11.3 Å². The molecule has 0 unspecified atom stereocenters. The number of aliphatic imine (C=N–C) groups is 1. The number of esters is 1. The molecule has 0 aliphatic heterocycles. The molecule has 0 radical (unpaired) electrons. The summed E-state index contributed by atoms with van der Waals surface area (Å²) in [5.74, 6) is -6.03. The summed E-state index contributed by atoms with van der Waals surface area (Å²) in [6, 6.07) is 0.692. The molecule has 0 fully saturated rings. The van der Waals surface area contributed by atoms with Crippen LogP contribution in [0.4, 0.5) is 18.3 Å². The number of rotatable bonds is 5. The average molecular weight is 371 g/mol. The van der Waals surface area contributed by atoms with Crippen molar-refractivity contribution in [3.8, 4) is 0 Å². The normalized spacial score (nSPS) is 12.4. The summed E-state index contributed by atoms with van der Waals surface area (Å²) in [5, 5.41) is 18.4. The van der Waals surface area contributed by atoms with Crippen molar-refractivity contribution < 1.29 is 27.8 Å². The number of nitrogens with zero attached hydrogens (tertiary/aromatic N) is 3. The SMILES string of the molecule is CCOC(=O)C(C=Nc1nnc(C)s1)=C(O)c1cc(F)c(F)cc1F. The first kappa shape index (κ1) is 18.6. The lowest BCUT2D eigenvalue weighted by Crippen LogP contribution is -2.12. The van der Waals surface area contributed by atoms with Crippen molar-refractivity contribution in [1.82, 2.24) is 10.2 Å². The first-order chi connectivity index (χ1) is 11.8. The Morgan fingerprint density at radius 2 is 1.96 bits per heavy atom. The number of aryl methyl sites for hydroxylation is 1. The van der Waals surface area contributed by atoms with Gasteiger partial charge in [-0.05, 0) is 19.9 Å². The summed E-state index contributed by atoms with van der Waals surface area (Å²) < 4.78 is 45.0. The number of halogens is 3. The molecule has 1 aromatic heterocycles. The molecule has 25 heavy (non-hydrogen) atoms. The molecule has 0 spiro atoms. The van der Waals surface area contributed by atoms with Crippen LogP contribution in [0.15, 0.2) is 22.7 Å². The fourth-order valence-electron chi connectivity index (χ4n) is 1.73. The molecule has 2 rings (SSSR count). The number of ether oxygens (including phenoxy) is 1. The number of hydrogen-bond acceptors (Lipinski definition) is 7. The van der Waals surface area contributed by atoms with Crippen LogP contribution in [0.1, 0.15) is 17.5 Å². The van der Waals surface area contributed by atoms with Gasteiger partial charge in [-0.2, -0.15) is 0 Å². The van der Waals surface area contributed by atoms with Crippen LogP contribution >= 0.6 is 11.3 Å². The molecule has 132 valence electrons. The average Bonchev–Trinajstić information content (AvgIpc) is 2.96. The minimum atomic E-state index is -1.43. The maximum atomic E-state index is 13.8. The van der Waals surface area contributed by atoms with E-state index in [0.717, 1.165) is 17.6 Å². The summed E-state index contributed by atoms with van der Waals surface area (Å²) in [4.78, 5) is 15.9. The van der Waals surface area contributed by atoms with Crippen molar-refractivity contribution in [1.29, 1.82) is 0 Å². The Balaban J connectivity index is 2.52. The van der Waals surface area contributed by atoms with Gasteiger partial charge < -0.3 is 9.84 Å². The third-order valence-electron chi connectivity index (χ3n) is 2.84. The second-order valence-corrected chi connectivity index (χ2v) is 5.75. The second kappa shape index (κ2) is 7.88. The van der Waals surface area contributed by atoms with Crippen LogP contribution in [0.2, 0.25) is 0 Å². The van der Waals surface area contributed by atoms with Crippen LogP contribution in [0.3, 0.4) is 0 Å². The molecule has 0 saturated carbocycles. The quantitative estimate of drug-likeness (QED) is 0.286. The second-order valence-electron chi connectivity index (χ2n) is 4.59. The molecule has 2 aromatic rings. The van der Waals surface area contributed by atoms with E-state index in [2.05, 4.69) is 15.2 Å². The van der Waals surface area contributed by atoms with Gasteiger partial charge in [0.05, 0.1) is 12.2 Å². The van der Waals surface area contributed by atoms with Gasteiger partial charge in [0.25, 0.3) is 0 Å². The fourth-order valence-corrected chi connectivity index (χ4v) is 2.26. The number of aliphatic hydroxyl groups excluding tert-OH is 1. The van der Waals surface area contributed by atoms with Gasteiger partial charge in [-0.15, -0.1) is 10.2 Å². The monoisotopic (exact) mass is 371 g/mol. The lowest BCUT2D eigenvalue weighted by atomic mass is 10.1. The van der Waals surface area contributed by atoms with E-state index in [9.17, 15) is 23.1 Å². The minimum Gasteiger partial charge on any atom is -0.506 e. The van der Waals surface area contributed by atoms with Crippen molar-refractivity contribution in [2.75, 3.05) is 6.61 Å². The maximum absolute atomic E-state index is 13.8. The zero-order valence-corrected chi connectivity index (χ0v) is 13.9. The van der Waals surface area contributed by atoms with Crippen molar-refractivity contribution in [3.05, 3.63) is 45.7 Å². The van der Waals surface area contributed by atoms with Crippen molar-refractivity contribution in [3.63, 3.8) is 0 Å². The molecule has 0 bridgehead atoms. The van der Waals surface area contributed by atoms with Gasteiger partial charge in [-0.25, -0.2) is 23.0 Å². The summed E-state index contributed by atoms with van der Waals surface area (Å²) in [7, 11) is 0. The van der Waals surface area contributed by atoms with Gasteiger partial charge in [0, 0.05) is 12.3 Å². The summed E-state index contributed by atoms with van der Waals surface area (Å²) in [6.45, 7) is 3.19. The molecule has 0 saturated heterocycles. The van der Waals surface area contributed by atoms with Gasteiger partial charge in [0.1, 0.15) is 22.2 Å². The Morgan fingerprint density at radius 1 is 1.28 bits per heavy atom. The van der Waals surface area contributed by atoms with Crippen molar-refractivity contribution >= 4 is 34.4 Å². The molecular weight excluding hydrogens is 359 g/mol. The highest BCUT2D eigenvalue weighted by atomic mass is 32.1. The third kappa shape index (κ3) is 4.41. The molecule has 1 heterocycles. The maximum Gasteiger partial charge on any atom is 0.343 e. The number of hydrogen-bond donors (Lipinski definition) is 1. The highest BCUT2D eigenvalue weighted by molar-refractivity contribution is 7.14. The van der Waals surface area contributed by atoms with Crippen LogP contribution < -0.4 is 0 Å². The fraction of sp³-hybridized carbons (Fsp3) is 0.200. The van der Waals surface area contributed by atoms with Crippen LogP contribution in [0.25, 0.3) is 5.76 Å². The Hall–Kier alpha value is -2.75. The molecule has 0 atom stereocenters. The summed E-state index contributed by atoms with van der Waals surface area (Å²) in [6.07, 6.45) is 0.897. The van der Waals surface area contributed by atoms with Gasteiger partial charge >= 0.3 is 5.97 Å². The van der Waals surface area contributed by atoms with E-state index in [-0.39, 0.29) is 17.8 Å². The van der Waals surface area contributed by atoms with E-state index in [1.165, 1.54) is 6.92 Å². The first-order valence-electron chi connectivity index (χ1n) is 6.93. The van der Waals surface area contributed by atoms with E-state index >= 15 is 0 Å². The Bertz CT molecular complexity index is 865. The van der Waals surface area contributed by atoms with Crippen LogP contribution in [-0.2, 0) is 9.53 Å². The molecule has 0 amide bonds. The van der Waals surface area contributed by atoms with Crippen molar-refractivity contribution in [2.24, 2.45) is 4.99 Å². The Labute approximate surface area is 144 Å². The van der Waals surface area contributed by atoms with Crippen molar-refractivity contribution in [2.45, 2.75) is 13.8 Å². The molecule has 0 aliphatic carbocycles. The van der Waals surface area contributed by atoms with E-state index in [0.29, 0.717) is 11.1 Å². The molecule has 6 nitrogen and oxygen atoms in total. The lowest BCUT2D eigenvalue weighted by Gasteiger charge is -2.08. The van der Waals surface area contributed by atoms with Crippen LogP contribution in [0.5, 0.6) is 0 Å². The summed E-state index contributed by atoms with van der Waals surface area (Å²) >= 11 is 1.11. The first-order valence-corrected chi connectivity index (χ1v) is 7.74. The number of benzene rings is 1. The number of aliphatic hydroxyl groups is 1. The topological polar surface area (TPSA) is 84.7 Å². The predicted molar refractivity (Wildman–Crippen MR) is 85.3 cm³/mol. The van der Waals surface area contributed by atoms with Crippen LogP contribution in [0, 0.1) is 24.4 Å². The number of carbonyl (C=O) groups excluding carboxylic acids is 1. The predicted octanol–water partition coefficient (Wildman–Crippen LogP) is 3.50. The number of aromatic nitrogens is 2. The summed E-state index contributed by atoms with van der Waals surface area (Å²) in [5.41, 5.74) is -1.25. The zero-order valence-electron chi connectivity index (χ0n) is 13.1. The van der Waals surface area contributed by atoms with Gasteiger partial charge in [0.2, 0.25) is 5.13 Å².